The molecule has 1 saturated heterocycles. The van der Waals surface area contributed by atoms with Gasteiger partial charge in [0.05, 0.1) is 11.2 Å². The van der Waals surface area contributed by atoms with Gasteiger partial charge in [-0.25, -0.2) is 0 Å². The second-order valence-electron chi connectivity index (χ2n) is 9.38. The number of carbonyl (C=O) groups excluding carboxylic acids is 1. The van der Waals surface area contributed by atoms with Gasteiger partial charge >= 0.3 is 0 Å². The molecule has 2 aliphatic carbocycles. The smallest absolute Gasteiger partial charge is 0.268 e. The highest BCUT2D eigenvalue weighted by Crippen LogP contribution is 2.64. The fraction of sp³-hybridized carbons (Fsp3) is 0.682. The van der Waals surface area contributed by atoms with Gasteiger partial charge in [0, 0.05) is 6.42 Å². The summed E-state index contributed by atoms with van der Waals surface area (Å²) in [6.45, 7) is 5.86. The lowest BCUT2D eigenvalue weighted by molar-refractivity contribution is -0.128. The van der Waals surface area contributed by atoms with Gasteiger partial charge in [-0.3, -0.25) is 8.98 Å². The number of benzene rings is 1. The lowest BCUT2D eigenvalue weighted by Gasteiger charge is -2.37. The van der Waals surface area contributed by atoms with E-state index in [1.165, 1.54) is 0 Å². The summed E-state index contributed by atoms with van der Waals surface area (Å²) in [5.41, 5.74) is -0.166. The van der Waals surface area contributed by atoms with E-state index in [4.69, 9.17) is 4.18 Å². The van der Waals surface area contributed by atoms with Gasteiger partial charge < -0.3 is 5.32 Å². The molecule has 5 nitrogen and oxygen atoms in total. The first-order valence-electron chi connectivity index (χ1n) is 10.5. The summed E-state index contributed by atoms with van der Waals surface area (Å²) in [4.78, 5) is 12.8. The Morgan fingerprint density at radius 3 is 2.39 bits per heavy atom. The van der Waals surface area contributed by atoms with Gasteiger partial charge in [-0.2, -0.15) is 8.42 Å². The minimum absolute atomic E-state index is 0.110. The quantitative estimate of drug-likeness (QED) is 0.734. The average Bonchev–Trinajstić information content (AvgIpc) is 3.01. The molecule has 3 aliphatic rings. The summed E-state index contributed by atoms with van der Waals surface area (Å²) < 4.78 is 32.4. The largest absolute Gasteiger partial charge is 0.317 e. The van der Waals surface area contributed by atoms with Crippen LogP contribution in [0.1, 0.15) is 57.6 Å². The van der Waals surface area contributed by atoms with Crippen LogP contribution in [0, 0.1) is 22.7 Å². The number of fused-ring (bicyclic) bond motifs is 2. The van der Waals surface area contributed by atoms with Crippen molar-refractivity contribution in [3.63, 3.8) is 0 Å². The molecule has 28 heavy (non-hydrogen) atoms. The van der Waals surface area contributed by atoms with Crippen molar-refractivity contribution in [1.82, 2.24) is 5.32 Å². The Morgan fingerprint density at radius 2 is 1.82 bits per heavy atom. The molecule has 0 amide bonds. The third-order valence-corrected chi connectivity index (χ3v) is 9.10. The Balaban J connectivity index is 1.60. The molecule has 1 aromatic carbocycles. The summed E-state index contributed by atoms with van der Waals surface area (Å²) in [6, 6.07) is 9.65. The van der Waals surface area contributed by atoms with E-state index in [9.17, 15) is 13.2 Å². The zero-order chi connectivity index (χ0) is 20.0. The average molecular weight is 406 g/mol. The lowest BCUT2D eigenvalue weighted by Crippen LogP contribution is -2.43. The molecule has 1 aromatic rings. The van der Waals surface area contributed by atoms with E-state index in [1.54, 1.807) is 0 Å². The van der Waals surface area contributed by atoms with E-state index in [2.05, 4.69) is 19.2 Å². The van der Waals surface area contributed by atoms with E-state index in [-0.39, 0.29) is 22.9 Å². The first-order valence-corrected chi connectivity index (χ1v) is 12.0. The first kappa shape index (κ1) is 20.0. The summed E-state index contributed by atoms with van der Waals surface area (Å²) in [7, 11) is -3.85. The van der Waals surface area contributed by atoms with Crippen molar-refractivity contribution >= 4 is 15.9 Å². The predicted molar refractivity (Wildman–Crippen MR) is 108 cm³/mol. The molecule has 0 aromatic heterocycles. The molecule has 154 valence electrons. The molecular weight excluding hydrogens is 374 g/mol. The van der Waals surface area contributed by atoms with E-state index < -0.39 is 21.6 Å². The minimum Gasteiger partial charge on any atom is -0.317 e. The molecule has 3 fully saturated rings. The summed E-state index contributed by atoms with van der Waals surface area (Å²) in [5.74, 6) is 0.375. The molecule has 2 bridgehead atoms. The number of hydrogen-bond acceptors (Lipinski definition) is 5. The first-order chi connectivity index (χ1) is 13.3. The molecule has 2 saturated carbocycles. The van der Waals surface area contributed by atoms with Gasteiger partial charge in [0.2, 0.25) is 0 Å². The van der Waals surface area contributed by atoms with Crippen LogP contribution in [0.2, 0.25) is 0 Å². The monoisotopic (exact) mass is 405 g/mol. The van der Waals surface area contributed by atoms with Crippen LogP contribution < -0.4 is 5.32 Å². The predicted octanol–water partition coefficient (Wildman–Crippen LogP) is 3.47. The van der Waals surface area contributed by atoms with Crippen molar-refractivity contribution in [3.8, 4) is 0 Å². The minimum atomic E-state index is -3.85. The van der Waals surface area contributed by atoms with Gasteiger partial charge in [0.1, 0.15) is 11.9 Å². The summed E-state index contributed by atoms with van der Waals surface area (Å²) in [5, 5.41) is 3.33. The van der Waals surface area contributed by atoms with Crippen molar-refractivity contribution in [2.24, 2.45) is 22.7 Å². The van der Waals surface area contributed by atoms with E-state index >= 15 is 0 Å². The van der Waals surface area contributed by atoms with Gasteiger partial charge in [0.25, 0.3) is 10.1 Å². The highest BCUT2D eigenvalue weighted by Gasteiger charge is 2.65. The molecule has 6 heteroatoms. The maximum Gasteiger partial charge on any atom is 0.268 e. The van der Waals surface area contributed by atoms with Crippen LogP contribution in [0.15, 0.2) is 30.3 Å². The molecule has 4 rings (SSSR count). The third-order valence-electron chi connectivity index (χ3n) is 7.75. The van der Waals surface area contributed by atoms with E-state index in [0.717, 1.165) is 37.9 Å². The van der Waals surface area contributed by atoms with Crippen LogP contribution in [-0.2, 0) is 19.1 Å². The number of ketones is 1. The zero-order valence-electron chi connectivity index (χ0n) is 16.8. The van der Waals surface area contributed by atoms with Crippen molar-refractivity contribution in [2.75, 3.05) is 18.8 Å². The number of rotatable bonds is 6. The Labute approximate surface area is 168 Å². The SMILES string of the molecule is CC1(C)C2CC[C@@]1(CS(=O)(=O)O[C@H](c1ccccc1)C1CCNCC1)C(=O)C2. The van der Waals surface area contributed by atoms with Gasteiger partial charge in [-0.1, -0.05) is 44.2 Å². The molecular formula is C22H31NO4S. The van der Waals surface area contributed by atoms with Gasteiger partial charge in [0.15, 0.2) is 0 Å². The van der Waals surface area contributed by atoms with Crippen LogP contribution in [0.25, 0.3) is 0 Å². The Kier molecular flexibility index (Phi) is 5.17. The Hall–Kier alpha value is -1.24. The number of piperidine rings is 1. The molecule has 1 unspecified atom stereocenters. The number of carbonyl (C=O) groups is 1. The van der Waals surface area contributed by atoms with E-state index in [1.807, 2.05) is 30.3 Å². The number of hydrogen-bond donors (Lipinski definition) is 1. The maximum atomic E-state index is 13.2. The van der Waals surface area contributed by atoms with Crippen molar-refractivity contribution in [2.45, 2.75) is 52.1 Å². The third kappa shape index (κ3) is 3.33. The molecule has 1 aliphatic heterocycles. The molecule has 1 heterocycles. The number of nitrogens with one attached hydrogen (secondary N) is 1. The van der Waals surface area contributed by atoms with Crippen LogP contribution >= 0.6 is 0 Å². The Bertz CT molecular complexity index is 829. The van der Waals surface area contributed by atoms with Gasteiger partial charge in [-0.05, 0) is 61.6 Å². The van der Waals surface area contributed by atoms with Crippen LogP contribution in [0.4, 0.5) is 0 Å². The molecule has 0 radical (unpaired) electrons. The van der Waals surface area contributed by atoms with Crippen LogP contribution in [-0.4, -0.2) is 33.0 Å². The fourth-order valence-corrected chi connectivity index (χ4v) is 7.73. The highest BCUT2D eigenvalue weighted by atomic mass is 32.2. The zero-order valence-corrected chi connectivity index (χ0v) is 17.6. The lowest BCUT2D eigenvalue weighted by atomic mass is 9.70. The summed E-state index contributed by atoms with van der Waals surface area (Å²) >= 11 is 0. The second-order valence-corrected chi connectivity index (χ2v) is 11.0. The normalized spacial score (nSPS) is 31.2. The number of Topliss-reactive ketones (excluding diaryl/α,β-unsaturated/α-hetero) is 1. The van der Waals surface area contributed by atoms with Gasteiger partial charge in [-0.15, -0.1) is 0 Å². The molecule has 3 atom stereocenters. The topological polar surface area (TPSA) is 72.5 Å². The Morgan fingerprint density at radius 1 is 1.14 bits per heavy atom. The van der Waals surface area contributed by atoms with Crippen molar-refractivity contribution in [1.29, 1.82) is 0 Å². The summed E-state index contributed by atoms with van der Waals surface area (Å²) in [6.07, 6.45) is 3.39. The molecule has 0 spiro atoms. The van der Waals surface area contributed by atoms with Crippen LogP contribution in [0.3, 0.4) is 0 Å². The van der Waals surface area contributed by atoms with Crippen molar-refractivity contribution < 1.29 is 17.4 Å². The second kappa shape index (κ2) is 7.22. The maximum absolute atomic E-state index is 13.2. The van der Waals surface area contributed by atoms with Crippen LogP contribution in [0.5, 0.6) is 0 Å². The fourth-order valence-electron chi connectivity index (χ4n) is 5.80. The highest BCUT2D eigenvalue weighted by molar-refractivity contribution is 7.86. The van der Waals surface area contributed by atoms with Crippen molar-refractivity contribution in [3.05, 3.63) is 35.9 Å². The molecule has 1 N–H and O–H groups in total. The standard InChI is InChI=1S/C22H31NO4S/c1-21(2)18-8-11-22(21,19(24)14-18)15-28(25,26)27-20(16-6-4-3-5-7-16)17-9-12-23-13-10-17/h3-7,17-18,20,23H,8-15H2,1-2H3/t18?,20-,22-/m1/s1. The van der Waals surface area contributed by atoms with E-state index in [0.29, 0.717) is 18.8 Å².